The minimum Gasteiger partial charge on any atom is -0.486 e. The van der Waals surface area contributed by atoms with E-state index in [1.807, 2.05) is 29.2 Å². The second-order valence-electron chi connectivity index (χ2n) is 7.39. The van der Waals surface area contributed by atoms with Crippen LogP contribution in [0.3, 0.4) is 0 Å². The van der Waals surface area contributed by atoms with Crippen LogP contribution in [-0.2, 0) is 17.6 Å². The minimum atomic E-state index is 0.0424. The number of rotatable bonds is 3. The molecule has 2 aliphatic heterocycles. The lowest BCUT2D eigenvalue weighted by atomic mass is 9.90. The summed E-state index contributed by atoms with van der Waals surface area (Å²) >= 11 is 5.95. The lowest BCUT2D eigenvalue weighted by Crippen LogP contribution is -2.39. The first-order valence-electron chi connectivity index (χ1n) is 9.39. The molecule has 1 saturated heterocycles. The van der Waals surface area contributed by atoms with Gasteiger partial charge in [-0.2, -0.15) is 0 Å². The van der Waals surface area contributed by atoms with Crippen LogP contribution in [0.2, 0.25) is 5.02 Å². The Balaban J connectivity index is 1.36. The molecular weight excluding hydrogens is 362 g/mol. The van der Waals surface area contributed by atoms with Gasteiger partial charge in [-0.15, -0.1) is 0 Å². The molecule has 0 atom stereocenters. The van der Waals surface area contributed by atoms with Gasteiger partial charge < -0.3 is 9.64 Å². The molecule has 0 bridgehead atoms. The molecule has 2 aromatic rings. The van der Waals surface area contributed by atoms with E-state index in [9.17, 15) is 9.59 Å². The van der Waals surface area contributed by atoms with Gasteiger partial charge in [0, 0.05) is 35.7 Å². The summed E-state index contributed by atoms with van der Waals surface area (Å²) in [7, 11) is 0. The number of ether oxygens (including phenoxy) is 1. The van der Waals surface area contributed by atoms with Crippen LogP contribution in [-0.4, -0.2) is 36.3 Å². The molecule has 1 amide bonds. The van der Waals surface area contributed by atoms with E-state index in [1.54, 1.807) is 6.07 Å². The van der Waals surface area contributed by atoms with Crippen molar-refractivity contribution in [2.45, 2.75) is 25.7 Å². The van der Waals surface area contributed by atoms with Crippen molar-refractivity contribution in [1.82, 2.24) is 4.90 Å². The van der Waals surface area contributed by atoms with Crippen LogP contribution in [0.15, 0.2) is 42.5 Å². The maximum atomic E-state index is 12.9. The molecule has 0 saturated carbocycles. The van der Waals surface area contributed by atoms with Crippen LogP contribution in [0.5, 0.6) is 5.75 Å². The molecule has 2 heterocycles. The van der Waals surface area contributed by atoms with Crippen LogP contribution in [0, 0.1) is 5.92 Å². The van der Waals surface area contributed by atoms with Crippen molar-refractivity contribution in [3.05, 3.63) is 64.2 Å². The highest BCUT2D eigenvalue weighted by Gasteiger charge is 2.25. The van der Waals surface area contributed by atoms with Crippen LogP contribution < -0.4 is 4.74 Å². The Morgan fingerprint density at radius 1 is 1.11 bits per heavy atom. The Bertz CT molecular complexity index is 854. The van der Waals surface area contributed by atoms with Crippen LogP contribution in [0.4, 0.5) is 0 Å². The van der Waals surface area contributed by atoms with Gasteiger partial charge in [0.05, 0.1) is 0 Å². The van der Waals surface area contributed by atoms with E-state index in [-0.39, 0.29) is 18.3 Å². The van der Waals surface area contributed by atoms with Gasteiger partial charge in [-0.25, -0.2) is 0 Å². The summed E-state index contributed by atoms with van der Waals surface area (Å²) in [5.74, 6) is 1.40. The Morgan fingerprint density at radius 2 is 1.85 bits per heavy atom. The number of amides is 1. The molecule has 4 nitrogen and oxygen atoms in total. The topological polar surface area (TPSA) is 46.6 Å². The molecule has 0 radical (unpaired) electrons. The third-order valence-electron chi connectivity index (χ3n) is 5.42. The van der Waals surface area contributed by atoms with E-state index in [0.29, 0.717) is 23.7 Å². The molecule has 0 aliphatic carbocycles. The monoisotopic (exact) mass is 383 g/mol. The third kappa shape index (κ3) is 4.16. The zero-order chi connectivity index (χ0) is 18.8. The van der Waals surface area contributed by atoms with Crippen LogP contribution >= 0.6 is 11.6 Å². The first-order valence-corrected chi connectivity index (χ1v) is 9.77. The van der Waals surface area contributed by atoms with E-state index in [0.717, 1.165) is 42.9 Å². The van der Waals surface area contributed by atoms with Gasteiger partial charge in [-0.05, 0) is 61.1 Å². The zero-order valence-electron chi connectivity index (χ0n) is 15.1. The van der Waals surface area contributed by atoms with E-state index in [4.69, 9.17) is 16.3 Å². The maximum absolute atomic E-state index is 12.9. The smallest absolute Gasteiger partial charge is 0.253 e. The summed E-state index contributed by atoms with van der Waals surface area (Å²) in [6.45, 7) is 1.66. The lowest BCUT2D eigenvalue weighted by molar-refractivity contribution is -0.121. The highest BCUT2D eigenvalue weighted by Crippen LogP contribution is 2.27. The van der Waals surface area contributed by atoms with Crippen molar-refractivity contribution in [3.63, 3.8) is 0 Å². The number of carbonyl (C=O) groups is 2. The fourth-order valence-corrected chi connectivity index (χ4v) is 4.02. The molecule has 0 spiro atoms. The predicted octanol–water partition coefficient (Wildman–Crippen LogP) is 3.94. The highest BCUT2D eigenvalue weighted by atomic mass is 35.5. The summed E-state index contributed by atoms with van der Waals surface area (Å²) < 4.78 is 5.41. The summed E-state index contributed by atoms with van der Waals surface area (Å²) in [4.78, 5) is 26.4. The molecule has 0 unspecified atom stereocenters. The normalized spacial score (nSPS) is 17.4. The summed E-state index contributed by atoms with van der Waals surface area (Å²) in [6.07, 6.45) is 3.37. The summed E-state index contributed by atoms with van der Waals surface area (Å²) in [6, 6.07) is 13.4. The quantitative estimate of drug-likeness (QED) is 0.806. The number of nitrogens with zero attached hydrogens (tertiary/aromatic N) is 1. The van der Waals surface area contributed by atoms with E-state index < -0.39 is 0 Å². The molecule has 27 heavy (non-hydrogen) atoms. The van der Waals surface area contributed by atoms with Crippen molar-refractivity contribution >= 4 is 23.3 Å². The van der Waals surface area contributed by atoms with Crippen molar-refractivity contribution in [2.24, 2.45) is 5.92 Å². The van der Waals surface area contributed by atoms with Crippen molar-refractivity contribution in [3.8, 4) is 5.75 Å². The molecule has 0 N–H and O–H groups in total. The van der Waals surface area contributed by atoms with E-state index in [1.165, 1.54) is 5.56 Å². The first kappa shape index (κ1) is 18.1. The summed E-state index contributed by atoms with van der Waals surface area (Å²) in [5.41, 5.74) is 2.75. The fourth-order valence-electron chi connectivity index (χ4n) is 3.89. The van der Waals surface area contributed by atoms with Crippen LogP contribution in [0.25, 0.3) is 0 Å². The number of fused-ring (bicyclic) bond motifs is 1. The third-order valence-corrected chi connectivity index (χ3v) is 5.68. The number of benzene rings is 2. The second-order valence-corrected chi connectivity index (χ2v) is 7.83. The number of carbonyl (C=O) groups excluding carboxylic acids is 2. The van der Waals surface area contributed by atoms with Gasteiger partial charge in [-0.1, -0.05) is 23.7 Å². The Labute approximate surface area is 164 Å². The standard InChI is InChI=1S/C22H22ClNO3/c23-19-4-1-15(2-5-19)11-16-7-9-24(10-8-16)22(26)17-3-6-21-18(12-17)13-20(25)14-27-21/h1-6,12,16H,7-11,13-14H2. The molecule has 5 heteroatoms. The molecule has 2 aromatic carbocycles. The van der Waals surface area contributed by atoms with E-state index in [2.05, 4.69) is 12.1 Å². The number of hydrogen-bond donors (Lipinski definition) is 0. The van der Waals surface area contributed by atoms with Gasteiger partial charge in [0.1, 0.15) is 12.4 Å². The number of Topliss-reactive ketones (excluding diaryl/α,β-unsaturated/α-hetero) is 1. The first-order chi connectivity index (χ1) is 13.1. The van der Waals surface area contributed by atoms with Crippen molar-refractivity contribution < 1.29 is 14.3 Å². The average molecular weight is 384 g/mol. The van der Waals surface area contributed by atoms with E-state index >= 15 is 0 Å². The largest absolute Gasteiger partial charge is 0.486 e. The van der Waals surface area contributed by atoms with Gasteiger partial charge in [0.2, 0.25) is 0 Å². The molecule has 1 fully saturated rings. The molecular formula is C22H22ClNO3. The van der Waals surface area contributed by atoms with Gasteiger partial charge in [0.25, 0.3) is 5.91 Å². The van der Waals surface area contributed by atoms with Crippen molar-refractivity contribution in [2.75, 3.05) is 19.7 Å². The fraction of sp³-hybridized carbons (Fsp3) is 0.364. The Hall–Kier alpha value is -2.33. The minimum absolute atomic E-state index is 0.0424. The van der Waals surface area contributed by atoms with Crippen LogP contribution in [0.1, 0.15) is 34.3 Å². The number of likely N-dealkylation sites (tertiary alicyclic amines) is 1. The van der Waals surface area contributed by atoms with Gasteiger partial charge >= 0.3 is 0 Å². The maximum Gasteiger partial charge on any atom is 0.253 e. The number of ketones is 1. The molecule has 2 aliphatic rings. The molecule has 0 aromatic heterocycles. The van der Waals surface area contributed by atoms with Gasteiger partial charge in [0.15, 0.2) is 5.78 Å². The zero-order valence-corrected chi connectivity index (χ0v) is 15.9. The number of halogens is 1. The lowest BCUT2D eigenvalue weighted by Gasteiger charge is -2.32. The van der Waals surface area contributed by atoms with Crippen molar-refractivity contribution in [1.29, 1.82) is 0 Å². The molecule has 4 rings (SSSR count). The predicted molar refractivity (Wildman–Crippen MR) is 104 cm³/mol. The van der Waals surface area contributed by atoms with Gasteiger partial charge in [-0.3, -0.25) is 9.59 Å². The SMILES string of the molecule is O=C1COc2ccc(C(=O)N3CCC(Cc4ccc(Cl)cc4)CC3)cc2C1. The Kier molecular flexibility index (Phi) is 5.17. The molecule has 140 valence electrons. The summed E-state index contributed by atoms with van der Waals surface area (Å²) in [5, 5.41) is 0.760. The Morgan fingerprint density at radius 3 is 2.59 bits per heavy atom. The highest BCUT2D eigenvalue weighted by molar-refractivity contribution is 6.30. The average Bonchev–Trinajstić information content (AvgIpc) is 2.69. The number of hydrogen-bond acceptors (Lipinski definition) is 3. The second kappa shape index (κ2) is 7.73. The number of piperidine rings is 1.